The van der Waals surface area contributed by atoms with Crippen LogP contribution in [-0.2, 0) is 4.74 Å². The first kappa shape index (κ1) is 20.4. The summed E-state index contributed by atoms with van der Waals surface area (Å²) in [5.41, 5.74) is 1.10. The molecule has 0 radical (unpaired) electrons. The summed E-state index contributed by atoms with van der Waals surface area (Å²) in [4.78, 5) is 5.73. The molecular formula is C20H29N3O2S. The fourth-order valence-corrected chi connectivity index (χ4v) is 3.19. The lowest BCUT2D eigenvalue weighted by atomic mass is 10.1. The van der Waals surface area contributed by atoms with E-state index < -0.39 is 6.10 Å². The maximum absolute atomic E-state index is 10.2. The van der Waals surface area contributed by atoms with Crippen LogP contribution in [-0.4, -0.2) is 36.9 Å². The van der Waals surface area contributed by atoms with Crippen LogP contribution < -0.4 is 10.6 Å². The van der Waals surface area contributed by atoms with Crippen molar-refractivity contribution in [3.05, 3.63) is 58.3 Å². The lowest BCUT2D eigenvalue weighted by Crippen LogP contribution is -2.39. The summed E-state index contributed by atoms with van der Waals surface area (Å²) in [5, 5.41) is 18.8. The molecule has 3 atom stereocenters. The van der Waals surface area contributed by atoms with E-state index in [0.717, 1.165) is 12.1 Å². The third kappa shape index (κ3) is 6.78. The third-order valence-corrected chi connectivity index (χ3v) is 4.99. The summed E-state index contributed by atoms with van der Waals surface area (Å²) in [7, 11) is 0. The molecule has 3 unspecified atom stereocenters. The number of guanidine groups is 1. The van der Waals surface area contributed by atoms with E-state index in [2.05, 4.69) is 34.0 Å². The highest BCUT2D eigenvalue weighted by Gasteiger charge is 2.11. The molecule has 0 saturated heterocycles. The molecule has 1 aromatic carbocycles. The van der Waals surface area contributed by atoms with E-state index in [4.69, 9.17) is 4.74 Å². The van der Waals surface area contributed by atoms with Crippen molar-refractivity contribution in [2.75, 3.05) is 19.7 Å². The average Bonchev–Trinajstić information content (AvgIpc) is 3.20. The molecule has 0 fully saturated rings. The Kier molecular flexibility index (Phi) is 8.61. The minimum absolute atomic E-state index is 0.0555. The number of aliphatic hydroxyl groups is 1. The molecule has 0 aliphatic heterocycles. The minimum Gasteiger partial charge on any atom is -0.389 e. The molecule has 0 aliphatic rings. The van der Waals surface area contributed by atoms with Crippen molar-refractivity contribution in [2.45, 2.75) is 39.0 Å². The molecule has 6 heteroatoms. The summed E-state index contributed by atoms with van der Waals surface area (Å²) in [5.74, 6) is 0.698. The number of thiophene rings is 1. The fraction of sp³-hybridized carbons (Fsp3) is 0.450. The van der Waals surface area contributed by atoms with E-state index >= 15 is 0 Å². The highest BCUT2D eigenvalue weighted by Crippen LogP contribution is 2.18. The molecule has 1 aromatic heterocycles. The second-order valence-corrected chi connectivity index (χ2v) is 7.12. The standard InChI is InChI=1S/C20H29N3O2S/c1-4-21-20(23-15(2)19-11-8-12-26-19)22-13-18(24)14-25-16(3)17-9-6-5-7-10-17/h5-12,15-16,18,24H,4,13-14H2,1-3H3,(H2,21,22,23). The zero-order valence-corrected chi connectivity index (χ0v) is 16.5. The normalized spacial score (nSPS) is 15.3. The van der Waals surface area contributed by atoms with Crippen LogP contribution in [0.15, 0.2) is 52.8 Å². The second kappa shape index (κ2) is 11.0. The summed E-state index contributed by atoms with van der Waals surface area (Å²) in [6.45, 7) is 7.40. The zero-order valence-electron chi connectivity index (χ0n) is 15.7. The van der Waals surface area contributed by atoms with Crippen LogP contribution in [0.4, 0.5) is 0 Å². The Morgan fingerprint density at radius 2 is 1.96 bits per heavy atom. The summed E-state index contributed by atoms with van der Waals surface area (Å²) in [6.07, 6.45) is -0.700. The molecule has 0 saturated carbocycles. The largest absolute Gasteiger partial charge is 0.389 e. The maximum atomic E-state index is 10.2. The predicted octanol–water partition coefficient (Wildman–Crippen LogP) is 3.50. The van der Waals surface area contributed by atoms with Gasteiger partial charge in [-0.2, -0.15) is 0 Å². The predicted molar refractivity (Wildman–Crippen MR) is 109 cm³/mol. The number of ether oxygens (including phenoxy) is 1. The van der Waals surface area contributed by atoms with Crippen molar-refractivity contribution in [3.8, 4) is 0 Å². The van der Waals surface area contributed by atoms with E-state index in [1.165, 1.54) is 4.88 Å². The number of aliphatic hydroxyl groups excluding tert-OH is 1. The number of hydrogen-bond acceptors (Lipinski definition) is 4. The SMILES string of the molecule is CCNC(=NCC(O)COC(C)c1ccccc1)NC(C)c1cccs1. The summed E-state index contributed by atoms with van der Waals surface area (Å²) >= 11 is 1.71. The highest BCUT2D eigenvalue weighted by molar-refractivity contribution is 7.10. The van der Waals surface area contributed by atoms with Crippen molar-refractivity contribution in [2.24, 2.45) is 4.99 Å². The molecule has 2 aromatic rings. The molecular weight excluding hydrogens is 346 g/mol. The molecule has 0 aliphatic carbocycles. The lowest BCUT2D eigenvalue weighted by molar-refractivity contribution is 0.00111. The van der Waals surface area contributed by atoms with Crippen LogP contribution in [0.2, 0.25) is 0 Å². The molecule has 2 rings (SSSR count). The number of rotatable bonds is 9. The van der Waals surface area contributed by atoms with Gasteiger partial charge in [0.15, 0.2) is 5.96 Å². The molecule has 0 spiro atoms. The number of nitrogens with one attached hydrogen (secondary N) is 2. The number of nitrogens with zero attached hydrogens (tertiary/aromatic N) is 1. The third-order valence-electron chi connectivity index (χ3n) is 3.94. The lowest BCUT2D eigenvalue weighted by Gasteiger charge is -2.18. The van der Waals surface area contributed by atoms with E-state index in [1.807, 2.05) is 50.2 Å². The first-order valence-corrected chi connectivity index (χ1v) is 9.91. The maximum Gasteiger partial charge on any atom is 0.191 e. The Balaban J connectivity index is 1.81. The second-order valence-electron chi connectivity index (χ2n) is 6.14. The number of benzene rings is 1. The Labute approximate surface area is 160 Å². The summed E-state index contributed by atoms with van der Waals surface area (Å²) < 4.78 is 5.76. The van der Waals surface area contributed by atoms with Gasteiger partial charge in [-0.15, -0.1) is 11.3 Å². The van der Waals surface area contributed by atoms with Gasteiger partial charge < -0.3 is 20.5 Å². The van der Waals surface area contributed by atoms with Crippen LogP contribution in [0.25, 0.3) is 0 Å². The quantitative estimate of drug-likeness (QED) is 0.464. The Morgan fingerprint density at radius 3 is 2.62 bits per heavy atom. The van der Waals surface area contributed by atoms with Crippen molar-refractivity contribution in [3.63, 3.8) is 0 Å². The topological polar surface area (TPSA) is 65.9 Å². The molecule has 3 N–H and O–H groups in total. The first-order valence-electron chi connectivity index (χ1n) is 9.03. The van der Waals surface area contributed by atoms with Gasteiger partial charge in [0.2, 0.25) is 0 Å². The fourth-order valence-electron chi connectivity index (χ4n) is 2.46. The Bertz CT molecular complexity index is 646. The van der Waals surface area contributed by atoms with Gasteiger partial charge in [0.05, 0.1) is 31.4 Å². The monoisotopic (exact) mass is 375 g/mol. The van der Waals surface area contributed by atoms with Gasteiger partial charge in [0.25, 0.3) is 0 Å². The first-order chi connectivity index (χ1) is 12.6. The van der Waals surface area contributed by atoms with E-state index in [-0.39, 0.29) is 25.3 Å². The van der Waals surface area contributed by atoms with Gasteiger partial charge in [-0.25, -0.2) is 0 Å². The van der Waals surface area contributed by atoms with E-state index in [0.29, 0.717) is 5.96 Å². The number of hydrogen-bond donors (Lipinski definition) is 3. The average molecular weight is 376 g/mol. The summed E-state index contributed by atoms with van der Waals surface area (Å²) in [6, 6.07) is 14.3. The molecule has 26 heavy (non-hydrogen) atoms. The van der Waals surface area contributed by atoms with Crippen LogP contribution in [0.5, 0.6) is 0 Å². The molecule has 0 amide bonds. The molecule has 142 valence electrons. The molecule has 1 heterocycles. The van der Waals surface area contributed by atoms with Gasteiger partial charge >= 0.3 is 0 Å². The van der Waals surface area contributed by atoms with Gasteiger partial charge in [0, 0.05) is 11.4 Å². The van der Waals surface area contributed by atoms with Crippen molar-refractivity contribution >= 4 is 17.3 Å². The van der Waals surface area contributed by atoms with Crippen molar-refractivity contribution < 1.29 is 9.84 Å². The van der Waals surface area contributed by atoms with Crippen LogP contribution >= 0.6 is 11.3 Å². The molecule has 0 bridgehead atoms. The Morgan fingerprint density at radius 1 is 1.19 bits per heavy atom. The van der Waals surface area contributed by atoms with Crippen LogP contribution in [0, 0.1) is 0 Å². The van der Waals surface area contributed by atoms with Gasteiger partial charge in [-0.1, -0.05) is 36.4 Å². The van der Waals surface area contributed by atoms with Crippen molar-refractivity contribution in [1.82, 2.24) is 10.6 Å². The Hall–Kier alpha value is -1.89. The minimum atomic E-state index is -0.645. The van der Waals surface area contributed by atoms with Crippen molar-refractivity contribution in [1.29, 1.82) is 0 Å². The van der Waals surface area contributed by atoms with Gasteiger partial charge in [0.1, 0.15) is 0 Å². The number of aliphatic imine (C=N–C) groups is 1. The molecule has 5 nitrogen and oxygen atoms in total. The van der Waals surface area contributed by atoms with E-state index in [9.17, 15) is 5.11 Å². The van der Waals surface area contributed by atoms with Gasteiger partial charge in [-0.3, -0.25) is 4.99 Å². The van der Waals surface area contributed by atoms with Crippen LogP contribution in [0.1, 0.15) is 43.4 Å². The van der Waals surface area contributed by atoms with Crippen LogP contribution in [0.3, 0.4) is 0 Å². The smallest absolute Gasteiger partial charge is 0.191 e. The highest BCUT2D eigenvalue weighted by atomic mass is 32.1. The zero-order chi connectivity index (χ0) is 18.8. The van der Waals surface area contributed by atoms with E-state index in [1.54, 1.807) is 11.3 Å². The van der Waals surface area contributed by atoms with Gasteiger partial charge in [-0.05, 0) is 37.8 Å².